The number of methoxy groups -OCH3 is 1. The molecule has 1 aromatic rings. The van der Waals surface area contributed by atoms with E-state index in [0.29, 0.717) is 11.8 Å². The standard InChI is InChI=1S/C17H24FNO/c1-19-14(16-12-7-3-4-8-13(12)16)10-11-6-5-9-15(20-2)17(11)18/h5-6,9,12-14,16,19H,3-4,7-8,10H2,1-2H3. The molecular formula is C17H24FNO. The molecule has 2 nitrogen and oxygen atoms in total. The third kappa shape index (κ3) is 2.44. The van der Waals surface area contributed by atoms with Gasteiger partial charge in [-0.3, -0.25) is 0 Å². The summed E-state index contributed by atoms with van der Waals surface area (Å²) in [6, 6.07) is 5.84. The molecule has 0 spiro atoms. The van der Waals surface area contributed by atoms with E-state index in [4.69, 9.17) is 4.74 Å². The van der Waals surface area contributed by atoms with E-state index >= 15 is 0 Å². The average molecular weight is 277 g/mol. The predicted octanol–water partition coefficient (Wildman–Crippen LogP) is 3.40. The second kappa shape index (κ2) is 5.72. The summed E-state index contributed by atoms with van der Waals surface area (Å²) < 4.78 is 19.3. The van der Waals surface area contributed by atoms with Crippen molar-refractivity contribution in [1.82, 2.24) is 5.32 Å². The van der Waals surface area contributed by atoms with Crippen LogP contribution < -0.4 is 10.1 Å². The first-order chi connectivity index (χ1) is 9.76. The summed E-state index contributed by atoms with van der Waals surface area (Å²) in [6.07, 6.45) is 6.25. The van der Waals surface area contributed by atoms with Crippen molar-refractivity contribution >= 4 is 0 Å². The second-order valence-corrected chi connectivity index (χ2v) is 6.22. The first-order valence-electron chi connectivity index (χ1n) is 7.75. The maximum absolute atomic E-state index is 14.3. The Morgan fingerprint density at radius 1 is 1.30 bits per heavy atom. The first-order valence-corrected chi connectivity index (χ1v) is 7.75. The van der Waals surface area contributed by atoms with Crippen LogP contribution >= 0.6 is 0 Å². The Morgan fingerprint density at radius 2 is 2.00 bits per heavy atom. The quantitative estimate of drug-likeness (QED) is 0.890. The highest BCUT2D eigenvalue weighted by molar-refractivity contribution is 5.32. The molecule has 3 unspecified atom stereocenters. The molecule has 2 aliphatic carbocycles. The highest BCUT2D eigenvalue weighted by atomic mass is 19.1. The minimum absolute atomic E-state index is 0.195. The highest BCUT2D eigenvalue weighted by Crippen LogP contribution is 2.57. The fourth-order valence-electron chi connectivity index (χ4n) is 4.18. The number of hydrogen-bond donors (Lipinski definition) is 1. The zero-order chi connectivity index (χ0) is 14.1. The van der Waals surface area contributed by atoms with E-state index in [1.807, 2.05) is 19.2 Å². The van der Waals surface area contributed by atoms with Gasteiger partial charge in [-0.2, -0.15) is 0 Å². The van der Waals surface area contributed by atoms with Crippen LogP contribution in [0.2, 0.25) is 0 Å². The van der Waals surface area contributed by atoms with Crippen molar-refractivity contribution in [2.24, 2.45) is 17.8 Å². The van der Waals surface area contributed by atoms with Crippen molar-refractivity contribution in [3.63, 3.8) is 0 Å². The Hall–Kier alpha value is -1.09. The van der Waals surface area contributed by atoms with Gasteiger partial charge in [-0.1, -0.05) is 25.0 Å². The van der Waals surface area contributed by atoms with Crippen LogP contribution in [0.25, 0.3) is 0 Å². The Bertz CT molecular complexity index is 464. The summed E-state index contributed by atoms with van der Waals surface area (Å²) in [7, 11) is 3.53. The van der Waals surface area contributed by atoms with Crippen LogP contribution in [0.1, 0.15) is 31.2 Å². The Morgan fingerprint density at radius 3 is 2.60 bits per heavy atom. The third-order valence-electron chi connectivity index (χ3n) is 5.26. The molecule has 0 amide bonds. The van der Waals surface area contributed by atoms with Crippen LogP contribution in [0.4, 0.5) is 4.39 Å². The van der Waals surface area contributed by atoms with Gasteiger partial charge in [-0.25, -0.2) is 4.39 Å². The lowest BCUT2D eigenvalue weighted by Gasteiger charge is -2.18. The Kier molecular flexibility index (Phi) is 3.97. The number of likely N-dealkylation sites (N-methyl/N-ethyl adjacent to an activating group) is 1. The van der Waals surface area contributed by atoms with Gasteiger partial charge in [0.05, 0.1) is 7.11 Å². The van der Waals surface area contributed by atoms with Crippen molar-refractivity contribution in [3.8, 4) is 5.75 Å². The van der Waals surface area contributed by atoms with Crippen molar-refractivity contribution < 1.29 is 9.13 Å². The van der Waals surface area contributed by atoms with E-state index in [2.05, 4.69) is 5.32 Å². The van der Waals surface area contributed by atoms with Gasteiger partial charge in [0.2, 0.25) is 0 Å². The highest BCUT2D eigenvalue weighted by Gasteiger charge is 2.53. The van der Waals surface area contributed by atoms with Gasteiger partial charge in [0.15, 0.2) is 11.6 Å². The number of fused-ring (bicyclic) bond motifs is 1. The largest absolute Gasteiger partial charge is 0.494 e. The number of rotatable bonds is 5. The molecule has 3 heteroatoms. The second-order valence-electron chi connectivity index (χ2n) is 6.22. The van der Waals surface area contributed by atoms with Gasteiger partial charge in [0.1, 0.15) is 0 Å². The molecule has 1 aromatic carbocycles. The van der Waals surface area contributed by atoms with Crippen LogP contribution in [0.5, 0.6) is 5.75 Å². The average Bonchev–Trinajstić information content (AvgIpc) is 3.20. The molecule has 3 atom stereocenters. The van der Waals surface area contributed by atoms with E-state index in [-0.39, 0.29) is 5.82 Å². The monoisotopic (exact) mass is 277 g/mol. The van der Waals surface area contributed by atoms with Crippen molar-refractivity contribution in [1.29, 1.82) is 0 Å². The van der Waals surface area contributed by atoms with Crippen LogP contribution in [-0.2, 0) is 6.42 Å². The van der Waals surface area contributed by atoms with Crippen molar-refractivity contribution in [3.05, 3.63) is 29.6 Å². The normalized spacial score (nSPS) is 29.6. The molecule has 0 saturated heterocycles. The predicted molar refractivity (Wildman–Crippen MR) is 78.4 cm³/mol. The molecule has 0 radical (unpaired) electrons. The minimum atomic E-state index is -0.195. The summed E-state index contributed by atoms with van der Waals surface area (Å²) in [5, 5.41) is 3.43. The van der Waals surface area contributed by atoms with Gasteiger partial charge in [0, 0.05) is 6.04 Å². The molecule has 110 valence electrons. The molecule has 0 aromatic heterocycles. The molecular weight excluding hydrogens is 253 g/mol. The lowest BCUT2D eigenvalue weighted by atomic mass is 9.99. The van der Waals surface area contributed by atoms with Crippen LogP contribution in [0.15, 0.2) is 18.2 Å². The third-order valence-corrected chi connectivity index (χ3v) is 5.26. The fourth-order valence-corrected chi connectivity index (χ4v) is 4.18. The van der Waals surface area contributed by atoms with Gasteiger partial charge in [-0.05, 0) is 55.7 Å². The summed E-state index contributed by atoms with van der Waals surface area (Å²) >= 11 is 0. The smallest absolute Gasteiger partial charge is 0.168 e. The Labute approximate surface area is 120 Å². The zero-order valence-electron chi connectivity index (χ0n) is 12.4. The summed E-state index contributed by atoms with van der Waals surface area (Å²) in [4.78, 5) is 0. The Balaban J connectivity index is 1.72. The SMILES string of the molecule is CNC(Cc1cccc(OC)c1F)C1C2CCCCC21. The molecule has 0 heterocycles. The number of halogens is 1. The van der Waals surface area contributed by atoms with Gasteiger partial charge < -0.3 is 10.1 Å². The van der Waals surface area contributed by atoms with E-state index < -0.39 is 0 Å². The van der Waals surface area contributed by atoms with E-state index in [1.165, 1.54) is 32.8 Å². The number of ether oxygens (including phenoxy) is 1. The van der Waals surface area contributed by atoms with E-state index in [1.54, 1.807) is 6.07 Å². The molecule has 2 aliphatic rings. The molecule has 0 bridgehead atoms. The summed E-state index contributed by atoms with van der Waals surface area (Å²) in [6.45, 7) is 0. The summed E-state index contributed by atoms with van der Waals surface area (Å²) in [5.41, 5.74) is 0.771. The molecule has 0 aliphatic heterocycles. The van der Waals surface area contributed by atoms with Crippen molar-refractivity contribution in [2.75, 3.05) is 14.2 Å². The van der Waals surface area contributed by atoms with E-state index in [0.717, 1.165) is 29.7 Å². The molecule has 1 N–H and O–H groups in total. The lowest BCUT2D eigenvalue weighted by molar-refractivity contribution is 0.380. The van der Waals surface area contributed by atoms with Gasteiger partial charge >= 0.3 is 0 Å². The van der Waals surface area contributed by atoms with Crippen LogP contribution in [-0.4, -0.2) is 20.2 Å². The molecule has 3 rings (SSSR count). The first kappa shape index (κ1) is 13.9. The molecule has 2 saturated carbocycles. The minimum Gasteiger partial charge on any atom is -0.494 e. The van der Waals surface area contributed by atoms with Crippen LogP contribution in [0, 0.1) is 23.6 Å². The topological polar surface area (TPSA) is 21.3 Å². The van der Waals surface area contributed by atoms with Gasteiger partial charge in [-0.15, -0.1) is 0 Å². The summed E-state index contributed by atoms with van der Waals surface area (Å²) in [5.74, 6) is 2.67. The molecule has 2 fully saturated rings. The van der Waals surface area contributed by atoms with Crippen molar-refractivity contribution in [2.45, 2.75) is 38.1 Å². The zero-order valence-corrected chi connectivity index (χ0v) is 12.4. The number of benzene rings is 1. The van der Waals surface area contributed by atoms with Crippen LogP contribution in [0.3, 0.4) is 0 Å². The number of hydrogen-bond acceptors (Lipinski definition) is 2. The lowest BCUT2D eigenvalue weighted by Crippen LogP contribution is -2.31. The van der Waals surface area contributed by atoms with Gasteiger partial charge in [0.25, 0.3) is 0 Å². The fraction of sp³-hybridized carbons (Fsp3) is 0.647. The molecule has 20 heavy (non-hydrogen) atoms. The maximum Gasteiger partial charge on any atom is 0.168 e. The van der Waals surface area contributed by atoms with E-state index in [9.17, 15) is 4.39 Å². The maximum atomic E-state index is 14.3. The number of nitrogens with one attached hydrogen (secondary N) is 1.